The highest BCUT2D eigenvalue weighted by Gasteiger charge is 2.03. The highest BCUT2D eigenvalue weighted by atomic mass is 79.9. The molecule has 0 N–H and O–H groups in total. The summed E-state index contributed by atoms with van der Waals surface area (Å²) in [4.78, 5) is 0. The van der Waals surface area contributed by atoms with Crippen LogP contribution >= 0.6 is 15.9 Å². The summed E-state index contributed by atoms with van der Waals surface area (Å²) >= 11 is 3.34. The first kappa shape index (κ1) is 9.58. The third-order valence-corrected chi connectivity index (χ3v) is 2.05. The minimum absolute atomic E-state index is 0.751. The van der Waals surface area contributed by atoms with Crippen molar-refractivity contribution in [2.24, 2.45) is 7.05 Å². The van der Waals surface area contributed by atoms with Gasteiger partial charge in [-0.3, -0.25) is 0 Å². The van der Waals surface area contributed by atoms with E-state index in [9.17, 15) is 0 Å². The van der Waals surface area contributed by atoms with E-state index in [4.69, 9.17) is 4.74 Å². The summed E-state index contributed by atoms with van der Waals surface area (Å²) in [5.41, 5.74) is 1.00. The third-order valence-electron chi connectivity index (χ3n) is 1.48. The van der Waals surface area contributed by atoms with E-state index >= 15 is 0 Å². The van der Waals surface area contributed by atoms with Gasteiger partial charge < -0.3 is 4.74 Å². The van der Waals surface area contributed by atoms with Crippen LogP contribution in [0.25, 0.3) is 0 Å². The number of hydrogen-bond acceptors (Lipinski definition) is 2. The predicted octanol–water partition coefficient (Wildman–Crippen LogP) is 2.10. The molecular formula is C8H13BrN2O. The molecule has 0 aliphatic heterocycles. The SMILES string of the molecule is CCCOc1cc(CBr)nn1C. The maximum Gasteiger partial charge on any atom is 0.211 e. The Morgan fingerprint density at radius 2 is 2.42 bits per heavy atom. The van der Waals surface area contributed by atoms with Gasteiger partial charge in [-0.1, -0.05) is 22.9 Å². The highest BCUT2D eigenvalue weighted by Crippen LogP contribution is 2.13. The predicted molar refractivity (Wildman–Crippen MR) is 51.6 cm³/mol. The van der Waals surface area contributed by atoms with Crippen LogP contribution in [0, 0.1) is 0 Å². The normalized spacial score (nSPS) is 10.2. The molecule has 0 aliphatic rings. The van der Waals surface area contributed by atoms with Crippen molar-refractivity contribution >= 4 is 15.9 Å². The molecule has 12 heavy (non-hydrogen) atoms. The topological polar surface area (TPSA) is 27.1 Å². The molecule has 0 radical (unpaired) electrons. The molecule has 68 valence electrons. The molecule has 0 atom stereocenters. The van der Waals surface area contributed by atoms with Crippen LogP contribution in [0.15, 0.2) is 6.07 Å². The molecular weight excluding hydrogens is 220 g/mol. The van der Waals surface area contributed by atoms with Crippen molar-refractivity contribution in [2.45, 2.75) is 18.7 Å². The first-order chi connectivity index (χ1) is 5.77. The molecule has 0 saturated carbocycles. The summed E-state index contributed by atoms with van der Waals surface area (Å²) in [7, 11) is 1.89. The van der Waals surface area contributed by atoms with E-state index in [1.54, 1.807) is 4.68 Å². The van der Waals surface area contributed by atoms with Gasteiger partial charge >= 0.3 is 0 Å². The van der Waals surface area contributed by atoms with Crippen LogP contribution in [-0.2, 0) is 12.4 Å². The lowest BCUT2D eigenvalue weighted by Crippen LogP contribution is -2.00. The van der Waals surface area contributed by atoms with Gasteiger partial charge in [0.15, 0.2) is 0 Å². The maximum absolute atomic E-state index is 5.45. The van der Waals surface area contributed by atoms with Crippen LogP contribution in [0.5, 0.6) is 5.88 Å². The molecule has 0 unspecified atom stereocenters. The van der Waals surface area contributed by atoms with Crippen LogP contribution in [0.4, 0.5) is 0 Å². The highest BCUT2D eigenvalue weighted by molar-refractivity contribution is 9.08. The molecule has 4 heteroatoms. The van der Waals surface area contributed by atoms with Gasteiger partial charge in [0.1, 0.15) is 0 Å². The van der Waals surface area contributed by atoms with Crippen molar-refractivity contribution in [2.75, 3.05) is 6.61 Å². The molecule has 0 fully saturated rings. The quantitative estimate of drug-likeness (QED) is 0.744. The smallest absolute Gasteiger partial charge is 0.211 e. The number of aryl methyl sites for hydroxylation is 1. The monoisotopic (exact) mass is 232 g/mol. The van der Waals surface area contributed by atoms with Crippen molar-refractivity contribution in [3.8, 4) is 5.88 Å². The van der Waals surface area contributed by atoms with Gasteiger partial charge in [-0.05, 0) is 6.42 Å². The molecule has 1 aromatic rings. The first-order valence-electron chi connectivity index (χ1n) is 3.99. The van der Waals surface area contributed by atoms with Crippen molar-refractivity contribution in [3.63, 3.8) is 0 Å². The number of nitrogens with zero attached hydrogens (tertiary/aromatic N) is 2. The largest absolute Gasteiger partial charge is 0.478 e. The second-order valence-electron chi connectivity index (χ2n) is 2.58. The molecule has 0 saturated heterocycles. The van der Waals surface area contributed by atoms with Crippen molar-refractivity contribution in [1.82, 2.24) is 9.78 Å². The number of hydrogen-bond donors (Lipinski definition) is 0. The lowest BCUT2D eigenvalue weighted by atomic mass is 10.5. The number of ether oxygens (including phenoxy) is 1. The van der Waals surface area contributed by atoms with Gasteiger partial charge in [0.2, 0.25) is 5.88 Å². The Morgan fingerprint density at radius 1 is 1.67 bits per heavy atom. The van der Waals surface area contributed by atoms with Crippen molar-refractivity contribution < 1.29 is 4.74 Å². The van der Waals surface area contributed by atoms with E-state index in [0.717, 1.165) is 29.9 Å². The van der Waals surface area contributed by atoms with Crippen LogP contribution in [0.1, 0.15) is 19.0 Å². The summed E-state index contributed by atoms with van der Waals surface area (Å²) in [6.07, 6.45) is 1.02. The fraction of sp³-hybridized carbons (Fsp3) is 0.625. The Kier molecular flexibility index (Phi) is 3.59. The molecule has 0 spiro atoms. The Morgan fingerprint density at radius 3 is 2.92 bits per heavy atom. The Balaban J connectivity index is 2.64. The number of rotatable bonds is 4. The van der Waals surface area contributed by atoms with E-state index in [2.05, 4.69) is 28.0 Å². The molecule has 3 nitrogen and oxygen atoms in total. The first-order valence-corrected chi connectivity index (χ1v) is 5.11. The van der Waals surface area contributed by atoms with Crippen LogP contribution in [0.2, 0.25) is 0 Å². The maximum atomic E-state index is 5.45. The standard InChI is InChI=1S/C8H13BrN2O/c1-3-4-12-8-5-7(6-9)10-11(8)2/h5H,3-4,6H2,1-2H3. The Bertz CT molecular complexity index is 247. The van der Waals surface area contributed by atoms with Crippen LogP contribution in [0.3, 0.4) is 0 Å². The van der Waals surface area contributed by atoms with Gasteiger partial charge in [-0.2, -0.15) is 5.10 Å². The van der Waals surface area contributed by atoms with Crippen molar-refractivity contribution in [1.29, 1.82) is 0 Å². The van der Waals surface area contributed by atoms with E-state index in [1.165, 1.54) is 0 Å². The zero-order valence-corrected chi connectivity index (χ0v) is 8.97. The van der Waals surface area contributed by atoms with Gasteiger partial charge in [0.25, 0.3) is 0 Å². The third kappa shape index (κ3) is 2.24. The summed E-state index contributed by atoms with van der Waals surface area (Å²) in [6.45, 7) is 2.84. The molecule has 0 aliphatic carbocycles. The minimum Gasteiger partial charge on any atom is -0.478 e. The summed E-state index contributed by atoms with van der Waals surface area (Å²) in [6, 6.07) is 1.95. The second kappa shape index (κ2) is 4.50. The molecule has 1 rings (SSSR count). The fourth-order valence-corrected chi connectivity index (χ4v) is 1.19. The molecule has 0 bridgehead atoms. The van der Waals surface area contributed by atoms with Crippen LogP contribution < -0.4 is 4.74 Å². The lowest BCUT2D eigenvalue weighted by molar-refractivity contribution is 0.290. The van der Waals surface area contributed by atoms with E-state index in [-0.39, 0.29) is 0 Å². The molecule has 0 amide bonds. The number of alkyl halides is 1. The molecule has 1 heterocycles. The van der Waals surface area contributed by atoms with E-state index < -0.39 is 0 Å². The molecule has 0 aromatic carbocycles. The minimum atomic E-state index is 0.751. The van der Waals surface area contributed by atoms with Gasteiger partial charge in [0.05, 0.1) is 12.3 Å². The Labute approximate surface area is 80.8 Å². The Hall–Kier alpha value is -0.510. The molecule has 1 aromatic heterocycles. The zero-order chi connectivity index (χ0) is 8.97. The average Bonchev–Trinajstić information content (AvgIpc) is 2.43. The summed E-state index contributed by atoms with van der Waals surface area (Å²) in [5.74, 6) is 0.839. The van der Waals surface area contributed by atoms with Gasteiger partial charge in [0, 0.05) is 18.4 Å². The lowest BCUT2D eigenvalue weighted by Gasteiger charge is -2.02. The van der Waals surface area contributed by atoms with Gasteiger partial charge in [-0.15, -0.1) is 0 Å². The zero-order valence-electron chi connectivity index (χ0n) is 7.38. The second-order valence-corrected chi connectivity index (χ2v) is 3.14. The summed E-state index contributed by atoms with van der Waals surface area (Å²) < 4.78 is 7.20. The average molecular weight is 233 g/mol. The fourth-order valence-electron chi connectivity index (χ4n) is 0.914. The van der Waals surface area contributed by atoms with Gasteiger partial charge in [-0.25, -0.2) is 4.68 Å². The van der Waals surface area contributed by atoms with E-state index in [0.29, 0.717) is 0 Å². The van der Waals surface area contributed by atoms with Crippen LogP contribution in [-0.4, -0.2) is 16.4 Å². The van der Waals surface area contributed by atoms with Crippen molar-refractivity contribution in [3.05, 3.63) is 11.8 Å². The summed E-state index contributed by atoms with van der Waals surface area (Å²) in [5, 5.41) is 5.00. The van der Waals surface area contributed by atoms with E-state index in [1.807, 2.05) is 13.1 Å². The number of aromatic nitrogens is 2. The number of halogens is 1.